The monoisotopic (exact) mass is 352 g/mol. The highest BCUT2D eigenvalue weighted by Gasteiger charge is 2.45. The normalized spacial score (nSPS) is 20.8. The number of carboxylic acid groups (broad SMARTS) is 1. The van der Waals surface area contributed by atoms with Crippen molar-refractivity contribution in [3.63, 3.8) is 0 Å². The van der Waals surface area contributed by atoms with Crippen LogP contribution < -0.4 is 0 Å². The summed E-state index contributed by atoms with van der Waals surface area (Å²) in [5, 5.41) is 20.4. The van der Waals surface area contributed by atoms with Crippen LogP contribution in [0, 0.1) is 0 Å². The fourth-order valence-corrected chi connectivity index (χ4v) is 4.63. The Bertz CT molecular complexity index is 574. The molecule has 0 heterocycles. The Balaban J connectivity index is 2.17. The van der Waals surface area contributed by atoms with Crippen LogP contribution >= 0.6 is 15.9 Å². The van der Waals surface area contributed by atoms with Gasteiger partial charge in [-0.3, -0.25) is 4.79 Å². The number of phenolic OH excluding ortho intramolecular Hbond substituents is 1. The third kappa shape index (κ3) is 2.37. The van der Waals surface area contributed by atoms with Crippen LogP contribution in [0.3, 0.4) is 0 Å². The lowest BCUT2D eigenvalue weighted by atomic mass is 9.77. The number of phenols is 1. The predicted octanol–water partition coefficient (Wildman–Crippen LogP) is 4.32. The van der Waals surface area contributed by atoms with Gasteiger partial charge in [0.25, 0.3) is 0 Å². The van der Waals surface area contributed by atoms with Crippen molar-refractivity contribution < 1.29 is 15.0 Å². The Labute approximate surface area is 133 Å². The third-order valence-electron chi connectivity index (χ3n) is 5.19. The zero-order chi connectivity index (χ0) is 15.0. The third-order valence-corrected chi connectivity index (χ3v) is 6.04. The minimum absolute atomic E-state index is 0.153. The number of carbonyl (C=O) groups is 1. The SMILES string of the molecule is O=C(O)C1(c2cc3c(c(Br)c2O)CCCCC3)CCCC1. The maximum Gasteiger partial charge on any atom is 0.314 e. The quantitative estimate of drug-likeness (QED) is 0.779. The van der Waals surface area contributed by atoms with Crippen molar-refractivity contribution in [1.82, 2.24) is 0 Å². The topological polar surface area (TPSA) is 57.5 Å². The second-order valence-corrected chi connectivity index (χ2v) is 7.17. The minimum atomic E-state index is -0.895. The van der Waals surface area contributed by atoms with Gasteiger partial charge in [0.1, 0.15) is 5.75 Å². The molecule has 0 aromatic heterocycles. The van der Waals surface area contributed by atoms with Gasteiger partial charge in [0.05, 0.1) is 9.89 Å². The molecule has 3 rings (SSSR count). The number of aryl methyl sites for hydroxylation is 1. The fourth-order valence-electron chi connectivity index (χ4n) is 3.96. The summed E-state index contributed by atoms with van der Waals surface area (Å²) in [5.74, 6) is -0.643. The van der Waals surface area contributed by atoms with E-state index in [1.165, 1.54) is 17.5 Å². The lowest BCUT2D eigenvalue weighted by Gasteiger charge is -2.27. The molecule has 2 N–H and O–H groups in total. The van der Waals surface area contributed by atoms with Crippen LogP contribution in [0.4, 0.5) is 0 Å². The highest BCUT2D eigenvalue weighted by Crippen LogP contribution is 2.48. The predicted molar refractivity (Wildman–Crippen MR) is 84.8 cm³/mol. The largest absolute Gasteiger partial charge is 0.506 e. The molecule has 3 nitrogen and oxygen atoms in total. The first-order valence-corrected chi connectivity index (χ1v) is 8.62. The zero-order valence-electron chi connectivity index (χ0n) is 12.1. The van der Waals surface area contributed by atoms with Crippen LogP contribution in [0.5, 0.6) is 5.75 Å². The number of hydrogen-bond donors (Lipinski definition) is 2. The second-order valence-electron chi connectivity index (χ2n) is 6.38. The first-order chi connectivity index (χ1) is 10.1. The summed E-state index contributed by atoms with van der Waals surface area (Å²) in [6, 6.07) is 1.99. The van der Waals surface area contributed by atoms with Gasteiger partial charge in [-0.15, -0.1) is 0 Å². The van der Waals surface area contributed by atoms with E-state index in [9.17, 15) is 15.0 Å². The number of hydrogen-bond acceptors (Lipinski definition) is 2. The molecule has 0 aliphatic heterocycles. The smallest absolute Gasteiger partial charge is 0.314 e. The van der Waals surface area contributed by atoms with Gasteiger partial charge in [0.15, 0.2) is 0 Å². The molecule has 1 fully saturated rings. The van der Waals surface area contributed by atoms with E-state index in [1.54, 1.807) is 0 Å². The first kappa shape index (κ1) is 14.9. The highest BCUT2D eigenvalue weighted by molar-refractivity contribution is 9.10. The molecule has 2 aliphatic carbocycles. The van der Waals surface area contributed by atoms with Crippen molar-refractivity contribution in [3.8, 4) is 5.75 Å². The van der Waals surface area contributed by atoms with E-state index in [-0.39, 0.29) is 5.75 Å². The molecule has 114 valence electrons. The van der Waals surface area contributed by atoms with E-state index < -0.39 is 11.4 Å². The second kappa shape index (κ2) is 5.64. The average Bonchev–Trinajstić information content (AvgIpc) is 2.84. The standard InChI is InChI=1S/C17H21BrO3/c18-14-12-7-3-1-2-6-11(12)10-13(15(14)19)17(16(20)21)8-4-5-9-17/h10,19H,1-9H2,(H,20,21). The molecule has 0 spiro atoms. The van der Waals surface area contributed by atoms with Gasteiger partial charge in [-0.1, -0.05) is 25.3 Å². The number of aliphatic carboxylic acids is 1. The van der Waals surface area contributed by atoms with Crippen molar-refractivity contribution in [2.75, 3.05) is 0 Å². The molecule has 0 saturated heterocycles. The molecule has 2 aliphatic rings. The maximum atomic E-state index is 11.9. The molecule has 4 heteroatoms. The summed E-state index contributed by atoms with van der Waals surface area (Å²) < 4.78 is 0.726. The van der Waals surface area contributed by atoms with Crippen LogP contribution in [0.2, 0.25) is 0 Å². The van der Waals surface area contributed by atoms with Crippen LogP contribution in [0.1, 0.15) is 61.6 Å². The average molecular weight is 353 g/mol. The van der Waals surface area contributed by atoms with E-state index >= 15 is 0 Å². The maximum absolute atomic E-state index is 11.9. The number of rotatable bonds is 2. The molecule has 1 saturated carbocycles. The van der Waals surface area contributed by atoms with Gasteiger partial charge in [-0.05, 0) is 65.6 Å². The van der Waals surface area contributed by atoms with Gasteiger partial charge in [0.2, 0.25) is 0 Å². The first-order valence-electron chi connectivity index (χ1n) is 7.83. The lowest BCUT2D eigenvalue weighted by Crippen LogP contribution is -2.33. The Morgan fingerprint density at radius 2 is 1.76 bits per heavy atom. The zero-order valence-corrected chi connectivity index (χ0v) is 13.7. The molecule has 0 bridgehead atoms. The lowest BCUT2D eigenvalue weighted by molar-refractivity contribution is -0.143. The molecule has 0 atom stereocenters. The Morgan fingerprint density at radius 1 is 1.10 bits per heavy atom. The van der Waals surface area contributed by atoms with Crippen molar-refractivity contribution in [2.45, 2.75) is 63.2 Å². The summed E-state index contributed by atoms with van der Waals surface area (Å²) in [4.78, 5) is 11.9. The van der Waals surface area contributed by atoms with Crippen molar-refractivity contribution in [2.24, 2.45) is 0 Å². The molecular formula is C17H21BrO3. The van der Waals surface area contributed by atoms with Gasteiger partial charge < -0.3 is 10.2 Å². The van der Waals surface area contributed by atoms with Crippen LogP contribution in [-0.4, -0.2) is 16.2 Å². The van der Waals surface area contributed by atoms with E-state index in [1.807, 2.05) is 6.07 Å². The van der Waals surface area contributed by atoms with Crippen molar-refractivity contribution >= 4 is 21.9 Å². The number of halogens is 1. The molecule has 1 aromatic carbocycles. The van der Waals surface area contributed by atoms with Gasteiger partial charge in [-0.25, -0.2) is 0 Å². The van der Waals surface area contributed by atoms with E-state index in [2.05, 4.69) is 15.9 Å². The van der Waals surface area contributed by atoms with Gasteiger partial charge in [0, 0.05) is 5.56 Å². The summed E-state index contributed by atoms with van der Waals surface area (Å²) in [5.41, 5.74) is 2.13. The Kier molecular flexibility index (Phi) is 4.00. The Hall–Kier alpha value is -1.03. The van der Waals surface area contributed by atoms with Crippen molar-refractivity contribution in [1.29, 1.82) is 0 Å². The van der Waals surface area contributed by atoms with Crippen LogP contribution in [0.25, 0.3) is 0 Å². The number of aromatic hydroxyl groups is 1. The number of fused-ring (bicyclic) bond motifs is 1. The molecular weight excluding hydrogens is 332 g/mol. The fraction of sp³-hybridized carbons (Fsp3) is 0.588. The summed E-state index contributed by atoms with van der Waals surface area (Å²) in [7, 11) is 0. The summed E-state index contributed by atoms with van der Waals surface area (Å²) in [6.45, 7) is 0. The van der Waals surface area contributed by atoms with E-state index in [0.717, 1.165) is 43.0 Å². The minimum Gasteiger partial charge on any atom is -0.506 e. The molecule has 0 amide bonds. The number of carboxylic acids is 1. The van der Waals surface area contributed by atoms with Crippen LogP contribution in [-0.2, 0) is 23.1 Å². The molecule has 0 radical (unpaired) electrons. The summed E-state index contributed by atoms with van der Waals surface area (Å²) in [6.07, 6.45) is 8.50. The van der Waals surface area contributed by atoms with Gasteiger partial charge >= 0.3 is 5.97 Å². The van der Waals surface area contributed by atoms with Crippen LogP contribution in [0.15, 0.2) is 10.5 Å². The van der Waals surface area contributed by atoms with E-state index in [4.69, 9.17) is 0 Å². The molecule has 0 unspecified atom stereocenters. The number of benzene rings is 1. The Morgan fingerprint density at radius 3 is 2.43 bits per heavy atom. The molecule has 1 aromatic rings. The summed E-state index contributed by atoms with van der Waals surface area (Å²) >= 11 is 3.53. The van der Waals surface area contributed by atoms with Gasteiger partial charge in [-0.2, -0.15) is 0 Å². The highest BCUT2D eigenvalue weighted by atomic mass is 79.9. The molecule has 21 heavy (non-hydrogen) atoms. The van der Waals surface area contributed by atoms with E-state index in [0.29, 0.717) is 18.4 Å². The van der Waals surface area contributed by atoms with Crippen molar-refractivity contribution in [3.05, 3.63) is 27.2 Å².